The topological polar surface area (TPSA) is 97.4 Å². The van der Waals surface area contributed by atoms with Crippen LogP contribution in [0.2, 0.25) is 10.0 Å². The van der Waals surface area contributed by atoms with Gasteiger partial charge in [0.25, 0.3) is 0 Å². The van der Waals surface area contributed by atoms with Crippen LogP contribution < -0.4 is 25.4 Å². The van der Waals surface area contributed by atoms with Crippen LogP contribution in [0, 0.1) is 12.8 Å². The summed E-state index contributed by atoms with van der Waals surface area (Å²) in [5.41, 5.74) is 3.51. The summed E-state index contributed by atoms with van der Waals surface area (Å²) in [5.74, 6) is 2.79. The van der Waals surface area contributed by atoms with E-state index in [0.717, 1.165) is 28.6 Å². The minimum Gasteiger partial charge on any atom is -0.495 e. The van der Waals surface area contributed by atoms with Crippen molar-refractivity contribution in [3.63, 3.8) is 0 Å². The molecule has 5 rings (SSSR count). The molecular formula is C33H37Cl2N5O3. The van der Waals surface area contributed by atoms with Gasteiger partial charge >= 0.3 is 0 Å². The van der Waals surface area contributed by atoms with Crippen LogP contribution in [0.15, 0.2) is 55.3 Å². The predicted octanol–water partition coefficient (Wildman–Crippen LogP) is 9.04. The number of carbonyl (C=O) groups is 1. The van der Waals surface area contributed by atoms with Gasteiger partial charge in [-0.25, -0.2) is 9.97 Å². The smallest absolute Gasteiger partial charge is 0.211 e. The molecule has 0 aliphatic heterocycles. The zero-order valence-electron chi connectivity index (χ0n) is 24.9. The third kappa shape index (κ3) is 7.32. The average molecular weight is 623 g/mol. The number of benzene rings is 2. The second kappa shape index (κ2) is 14.9. The van der Waals surface area contributed by atoms with E-state index in [-0.39, 0.29) is 0 Å². The van der Waals surface area contributed by atoms with Crippen LogP contribution in [0.4, 0.5) is 23.0 Å². The number of rotatable bonds is 10. The first-order valence-corrected chi connectivity index (χ1v) is 14.9. The van der Waals surface area contributed by atoms with E-state index in [1.807, 2.05) is 44.2 Å². The zero-order chi connectivity index (χ0) is 30.9. The predicted molar refractivity (Wildman–Crippen MR) is 179 cm³/mol. The van der Waals surface area contributed by atoms with Crippen LogP contribution in [-0.4, -0.2) is 37.1 Å². The Hall–Kier alpha value is -4.01. The highest BCUT2D eigenvalue weighted by molar-refractivity contribution is 6.41. The molecule has 1 saturated carbocycles. The molecule has 0 atom stereocenters. The lowest BCUT2D eigenvalue weighted by atomic mass is 10.1. The number of methoxy groups -OCH3 is 2. The third-order valence-corrected chi connectivity index (χ3v) is 8.07. The van der Waals surface area contributed by atoms with Crippen LogP contribution >= 0.6 is 23.2 Å². The summed E-state index contributed by atoms with van der Waals surface area (Å²) in [6, 6.07) is 11.2. The standard InChI is InChI=1S/C30H31Cl2N5O3.C3H6/c1-17-7-6-10-21(35-16-38)29(17)37-25-12-20-19(15-33-25)11-22(36-30(20)34-14-18-8-4-5-9-18)26-27(31)23(39-2)13-24(40-3)28(26)32;1-3-2/h6-7,10-13,15-16,18H,4-5,8-9,14H2,1-3H3,(H,33,37)(H,34,36)(H,35,38);3H,1H2,2H3. The summed E-state index contributed by atoms with van der Waals surface area (Å²) in [4.78, 5) is 20.8. The lowest BCUT2D eigenvalue weighted by Gasteiger charge is -2.18. The first-order chi connectivity index (χ1) is 20.8. The first-order valence-electron chi connectivity index (χ1n) is 14.1. The molecule has 1 fully saturated rings. The molecule has 4 aromatic rings. The lowest BCUT2D eigenvalue weighted by molar-refractivity contribution is -0.105. The van der Waals surface area contributed by atoms with E-state index in [9.17, 15) is 4.79 Å². The Morgan fingerprint density at radius 2 is 1.74 bits per heavy atom. The normalized spacial score (nSPS) is 12.7. The molecule has 1 aliphatic carbocycles. The number of aromatic nitrogens is 2. The molecule has 1 aliphatic rings. The Kier molecular flexibility index (Phi) is 11.1. The molecule has 0 saturated heterocycles. The number of hydrogen-bond donors (Lipinski definition) is 3. The molecule has 3 N–H and O–H groups in total. The number of ether oxygens (including phenoxy) is 2. The maximum absolute atomic E-state index is 11.2. The van der Waals surface area contributed by atoms with Crippen molar-refractivity contribution in [1.29, 1.82) is 0 Å². The summed E-state index contributed by atoms with van der Waals surface area (Å²) in [5, 5.41) is 12.2. The van der Waals surface area contributed by atoms with Gasteiger partial charge in [0.05, 0.1) is 41.3 Å². The molecule has 1 amide bonds. The van der Waals surface area contributed by atoms with Crippen LogP contribution in [0.1, 0.15) is 38.2 Å². The molecule has 2 aromatic heterocycles. The number of allylic oxidation sites excluding steroid dienone is 1. The highest BCUT2D eigenvalue weighted by Crippen LogP contribution is 2.46. The van der Waals surface area contributed by atoms with E-state index in [1.54, 1.807) is 32.6 Å². The molecule has 43 heavy (non-hydrogen) atoms. The fraction of sp³-hybridized carbons (Fsp3) is 0.303. The third-order valence-electron chi connectivity index (χ3n) is 7.32. The van der Waals surface area contributed by atoms with Crippen molar-refractivity contribution in [2.45, 2.75) is 39.5 Å². The number of halogens is 2. The van der Waals surface area contributed by atoms with Gasteiger partial charge in [0, 0.05) is 35.1 Å². The van der Waals surface area contributed by atoms with E-state index in [0.29, 0.717) is 62.5 Å². The minimum atomic E-state index is 0.350. The van der Waals surface area contributed by atoms with Crippen LogP contribution in [-0.2, 0) is 4.79 Å². The minimum absolute atomic E-state index is 0.350. The summed E-state index contributed by atoms with van der Waals surface area (Å²) >= 11 is 13.5. The average Bonchev–Trinajstić information content (AvgIpc) is 3.52. The molecular weight excluding hydrogens is 585 g/mol. The number of anilines is 4. The van der Waals surface area contributed by atoms with Crippen molar-refractivity contribution < 1.29 is 14.3 Å². The highest BCUT2D eigenvalue weighted by Gasteiger charge is 2.22. The van der Waals surface area contributed by atoms with Gasteiger partial charge in [0.2, 0.25) is 6.41 Å². The molecule has 0 bridgehead atoms. The first kappa shape index (κ1) is 31.9. The fourth-order valence-electron chi connectivity index (χ4n) is 5.19. The second-order valence-electron chi connectivity index (χ2n) is 10.3. The number of nitrogens with zero attached hydrogens (tertiary/aromatic N) is 2. The van der Waals surface area contributed by atoms with Crippen LogP contribution in [0.5, 0.6) is 11.5 Å². The van der Waals surface area contributed by atoms with Gasteiger partial charge in [-0.15, -0.1) is 6.58 Å². The molecule has 0 radical (unpaired) electrons. The van der Waals surface area contributed by atoms with E-state index in [4.69, 9.17) is 37.7 Å². The zero-order valence-corrected chi connectivity index (χ0v) is 26.4. The van der Waals surface area contributed by atoms with Crippen LogP contribution in [0.25, 0.3) is 22.0 Å². The number of pyridine rings is 2. The number of amides is 1. The van der Waals surface area contributed by atoms with E-state index >= 15 is 0 Å². The summed E-state index contributed by atoms with van der Waals surface area (Å²) in [6.45, 7) is 8.03. The van der Waals surface area contributed by atoms with Gasteiger partial charge in [-0.2, -0.15) is 0 Å². The lowest BCUT2D eigenvalue weighted by Crippen LogP contribution is -2.12. The number of aryl methyl sites for hydroxylation is 1. The molecule has 2 heterocycles. The molecule has 0 unspecified atom stereocenters. The Morgan fingerprint density at radius 3 is 2.37 bits per heavy atom. The van der Waals surface area contributed by atoms with Crippen molar-refractivity contribution in [3.8, 4) is 22.8 Å². The SMILES string of the molecule is C=CC.COc1cc(OC)c(Cl)c(-c2cc3cnc(Nc4c(C)cccc4NC=O)cc3c(NCC3CCCC3)n2)c1Cl. The van der Waals surface area contributed by atoms with Gasteiger partial charge in [0.15, 0.2) is 0 Å². The molecule has 2 aromatic carbocycles. The van der Waals surface area contributed by atoms with Gasteiger partial charge in [0.1, 0.15) is 23.1 Å². The number of nitrogens with one attached hydrogen (secondary N) is 3. The monoisotopic (exact) mass is 621 g/mol. The largest absolute Gasteiger partial charge is 0.495 e. The van der Waals surface area contributed by atoms with Crippen molar-refractivity contribution in [3.05, 3.63) is 70.9 Å². The van der Waals surface area contributed by atoms with Gasteiger partial charge in [-0.3, -0.25) is 4.79 Å². The van der Waals surface area contributed by atoms with Crippen molar-refractivity contribution in [2.24, 2.45) is 5.92 Å². The quantitative estimate of drug-likeness (QED) is 0.120. The van der Waals surface area contributed by atoms with Gasteiger partial charge < -0.3 is 25.4 Å². The maximum Gasteiger partial charge on any atom is 0.211 e. The summed E-state index contributed by atoms with van der Waals surface area (Å²) in [7, 11) is 3.09. The highest BCUT2D eigenvalue weighted by atomic mass is 35.5. The second-order valence-corrected chi connectivity index (χ2v) is 11.0. The van der Waals surface area contributed by atoms with Crippen molar-refractivity contribution in [1.82, 2.24) is 9.97 Å². The van der Waals surface area contributed by atoms with E-state index in [1.165, 1.54) is 25.7 Å². The number of carbonyl (C=O) groups excluding carboxylic acids is 1. The summed E-state index contributed by atoms with van der Waals surface area (Å²) < 4.78 is 11.0. The Balaban J connectivity index is 0.00000135. The number of hydrogen-bond acceptors (Lipinski definition) is 7. The number of para-hydroxylation sites is 1. The Bertz CT molecular complexity index is 1580. The number of fused-ring (bicyclic) bond motifs is 1. The maximum atomic E-state index is 11.2. The molecule has 8 nitrogen and oxygen atoms in total. The molecule has 10 heteroatoms. The van der Waals surface area contributed by atoms with Crippen molar-refractivity contribution in [2.75, 3.05) is 36.7 Å². The molecule has 226 valence electrons. The fourth-order valence-corrected chi connectivity index (χ4v) is 5.88. The van der Waals surface area contributed by atoms with Gasteiger partial charge in [-0.1, -0.05) is 54.3 Å². The van der Waals surface area contributed by atoms with Crippen LogP contribution in [0.3, 0.4) is 0 Å². The van der Waals surface area contributed by atoms with E-state index < -0.39 is 0 Å². The Labute approximate surface area is 262 Å². The van der Waals surface area contributed by atoms with Crippen molar-refractivity contribution >= 4 is 63.4 Å². The summed E-state index contributed by atoms with van der Waals surface area (Å²) in [6.07, 6.45) is 9.09. The molecule has 0 spiro atoms. The van der Waals surface area contributed by atoms with E-state index in [2.05, 4.69) is 27.5 Å². The Morgan fingerprint density at radius 1 is 1.07 bits per heavy atom. The van der Waals surface area contributed by atoms with Gasteiger partial charge in [-0.05, 0) is 56.4 Å².